The Hall–Kier alpha value is -3.86. The normalized spacial score (nSPS) is 17.6. The van der Waals surface area contributed by atoms with Gasteiger partial charge < -0.3 is 0 Å². The van der Waals surface area contributed by atoms with E-state index in [1.54, 1.807) is 48.5 Å². The summed E-state index contributed by atoms with van der Waals surface area (Å²) in [6.45, 7) is 0. The van der Waals surface area contributed by atoms with Gasteiger partial charge >= 0.3 is 0 Å². The number of Topliss-reactive ketones (excluding diaryl/α,β-unsaturated/α-hetero) is 2. The number of ketones is 2. The van der Waals surface area contributed by atoms with Crippen LogP contribution in [0.5, 0.6) is 0 Å². The summed E-state index contributed by atoms with van der Waals surface area (Å²) in [6, 6.07) is 17.4. The van der Waals surface area contributed by atoms with Gasteiger partial charge in [0.1, 0.15) is 5.70 Å². The minimum atomic E-state index is -0.355. The minimum absolute atomic E-state index is 0.157. The molecule has 2 aromatic carbocycles. The molecule has 2 aliphatic rings. The fraction of sp³-hybridized carbons (Fsp3) is 0.0435. The summed E-state index contributed by atoms with van der Waals surface area (Å²) in [5, 5.41) is 0. The average molecular weight is 366 g/mol. The summed E-state index contributed by atoms with van der Waals surface area (Å²) in [6.07, 6.45) is 3.39. The van der Waals surface area contributed by atoms with E-state index in [9.17, 15) is 14.4 Å². The van der Waals surface area contributed by atoms with Gasteiger partial charge in [-0.1, -0.05) is 36.4 Å². The lowest BCUT2D eigenvalue weighted by molar-refractivity contribution is 0.0968. The molecular weight excluding hydrogens is 352 g/mol. The van der Waals surface area contributed by atoms with Crippen LogP contribution in [0.2, 0.25) is 0 Å². The van der Waals surface area contributed by atoms with E-state index < -0.39 is 0 Å². The Morgan fingerprint density at radius 2 is 1.50 bits per heavy atom. The zero-order valence-electron chi connectivity index (χ0n) is 14.8. The summed E-state index contributed by atoms with van der Waals surface area (Å²) in [7, 11) is 0. The van der Waals surface area contributed by atoms with Gasteiger partial charge in [0.25, 0.3) is 5.91 Å². The quantitative estimate of drug-likeness (QED) is 0.617. The Morgan fingerprint density at radius 1 is 0.821 bits per heavy atom. The van der Waals surface area contributed by atoms with Crippen LogP contribution in [-0.4, -0.2) is 22.5 Å². The fourth-order valence-corrected chi connectivity index (χ4v) is 3.84. The predicted octanol–water partition coefficient (Wildman–Crippen LogP) is 3.62. The number of pyridine rings is 1. The predicted molar refractivity (Wildman–Crippen MR) is 103 cm³/mol. The highest BCUT2D eigenvalue weighted by Gasteiger charge is 2.41. The number of amides is 1. The lowest BCUT2D eigenvalue weighted by Gasteiger charge is -2.20. The third-order valence-corrected chi connectivity index (χ3v) is 5.15. The van der Waals surface area contributed by atoms with Crippen LogP contribution in [0.1, 0.15) is 36.6 Å². The molecule has 1 amide bonds. The Kier molecular flexibility index (Phi) is 3.55. The van der Waals surface area contributed by atoms with Crippen molar-refractivity contribution >= 4 is 23.2 Å². The largest absolute Gasteiger partial charge is 0.289 e. The highest BCUT2D eigenvalue weighted by atomic mass is 16.2. The molecule has 0 N–H and O–H groups in total. The van der Waals surface area contributed by atoms with E-state index in [2.05, 4.69) is 4.98 Å². The average Bonchev–Trinajstić information content (AvgIpc) is 3.23. The van der Waals surface area contributed by atoms with Gasteiger partial charge in [-0.15, -0.1) is 0 Å². The SMILES string of the molecule is O=C1/C(=C2/C(=O)c3ccccc3N2C(=O)c2ccncc2)Cc2ccccc21. The molecule has 1 aromatic heterocycles. The number of hydrogen-bond donors (Lipinski definition) is 0. The third-order valence-electron chi connectivity index (χ3n) is 5.15. The standard InChI is InChI=1S/C23H14N2O3/c26-21-16-6-2-1-5-15(16)13-18(21)20-22(27)17-7-3-4-8-19(17)25(20)23(28)14-9-11-24-12-10-14/h1-12H,13H2/b20-18-. The van der Waals surface area contributed by atoms with Crippen molar-refractivity contribution in [3.63, 3.8) is 0 Å². The molecular formula is C23H14N2O3. The molecule has 1 aliphatic carbocycles. The van der Waals surface area contributed by atoms with Gasteiger partial charge in [-0.25, -0.2) is 0 Å². The van der Waals surface area contributed by atoms with Crippen molar-refractivity contribution in [1.82, 2.24) is 4.98 Å². The zero-order chi connectivity index (χ0) is 19.3. The number of aromatic nitrogens is 1. The summed E-state index contributed by atoms with van der Waals surface area (Å²) in [5.74, 6) is -0.847. The molecule has 0 saturated carbocycles. The van der Waals surface area contributed by atoms with Gasteiger partial charge in [0.15, 0.2) is 5.78 Å². The molecule has 0 saturated heterocycles. The van der Waals surface area contributed by atoms with Gasteiger partial charge in [-0.3, -0.25) is 24.3 Å². The number of fused-ring (bicyclic) bond motifs is 2. The maximum Gasteiger partial charge on any atom is 0.263 e. The number of rotatable bonds is 1. The topological polar surface area (TPSA) is 67.3 Å². The first-order valence-electron chi connectivity index (χ1n) is 8.91. The van der Waals surface area contributed by atoms with Gasteiger partial charge in [-0.05, 0) is 29.8 Å². The zero-order valence-corrected chi connectivity index (χ0v) is 14.8. The van der Waals surface area contributed by atoms with E-state index in [1.807, 2.05) is 12.1 Å². The van der Waals surface area contributed by atoms with Crippen molar-refractivity contribution in [2.24, 2.45) is 0 Å². The van der Waals surface area contributed by atoms with Crippen molar-refractivity contribution in [1.29, 1.82) is 0 Å². The molecule has 5 nitrogen and oxygen atoms in total. The number of allylic oxidation sites excluding steroid dienone is 2. The van der Waals surface area contributed by atoms with Crippen LogP contribution in [0.25, 0.3) is 0 Å². The van der Waals surface area contributed by atoms with Crippen LogP contribution < -0.4 is 4.90 Å². The summed E-state index contributed by atoms with van der Waals surface area (Å²) in [5.41, 5.74) is 3.31. The van der Waals surface area contributed by atoms with E-state index in [0.29, 0.717) is 34.4 Å². The minimum Gasteiger partial charge on any atom is -0.289 e. The van der Waals surface area contributed by atoms with Crippen LogP contribution in [0.3, 0.4) is 0 Å². The van der Waals surface area contributed by atoms with Crippen molar-refractivity contribution < 1.29 is 14.4 Å². The Labute approximate surface area is 160 Å². The first kappa shape index (κ1) is 16.3. The van der Waals surface area contributed by atoms with Crippen LogP contribution in [0.4, 0.5) is 5.69 Å². The maximum absolute atomic E-state index is 13.3. The molecule has 134 valence electrons. The van der Waals surface area contributed by atoms with Crippen molar-refractivity contribution in [2.75, 3.05) is 4.90 Å². The van der Waals surface area contributed by atoms with Crippen LogP contribution in [0, 0.1) is 0 Å². The second-order valence-electron chi connectivity index (χ2n) is 6.71. The van der Waals surface area contributed by atoms with Crippen molar-refractivity contribution in [2.45, 2.75) is 6.42 Å². The van der Waals surface area contributed by atoms with Crippen molar-refractivity contribution in [3.8, 4) is 0 Å². The lowest BCUT2D eigenvalue weighted by Crippen LogP contribution is -2.30. The van der Waals surface area contributed by atoms with Gasteiger partial charge in [0.05, 0.1) is 5.69 Å². The second kappa shape index (κ2) is 6.09. The molecule has 0 radical (unpaired) electrons. The van der Waals surface area contributed by atoms with Gasteiger partial charge in [0, 0.05) is 41.1 Å². The number of anilines is 1. The van der Waals surface area contributed by atoms with Crippen LogP contribution in [-0.2, 0) is 6.42 Å². The molecule has 0 spiro atoms. The highest BCUT2D eigenvalue weighted by Crippen LogP contribution is 2.40. The number of para-hydroxylation sites is 1. The molecule has 28 heavy (non-hydrogen) atoms. The highest BCUT2D eigenvalue weighted by molar-refractivity contribution is 6.31. The third kappa shape index (κ3) is 2.26. The molecule has 0 bridgehead atoms. The smallest absolute Gasteiger partial charge is 0.263 e. The number of hydrogen-bond acceptors (Lipinski definition) is 4. The number of carbonyl (C=O) groups excluding carboxylic acids is 3. The van der Waals surface area contributed by atoms with E-state index in [0.717, 1.165) is 5.56 Å². The number of benzene rings is 2. The Bertz CT molecular complexity index is 1200. The van der Waals surface area contributed by atoms with E-state index in [-0.39, 0.29) is 23.2 Å². The van der Waals surface area contributed by atoms with E-state index in [4.69, 9.17) is 0 Å². The Morgan fingerprint density at radius 3 is 2.25 bits per heavy atom. The van der Waals surface area contributed by atoms with Crippen LogP contribution >= 0.6 is 0 Å². The first-order valence-corrected chi connectivity index (χ1v) is 8.91. The number of nitrogens with zero attached hydrogens (tertiary/aromatic N) is 2. The Balaban J connectivity index is 1.72. The van der Waals surface area contributed by atoms with Crippen molar-refractivity contribution in [3.05, 3.63) is 107 Å². The van der Waals surface area contributed by atoms with Gasteiger partial charge in [-0.2, -0.15) is 0 Å². The first-order chi connectivity index (χ1) is 13.7. The fourth-order valence-electron chi connectivity index (χ4n) is 3.84. The molecule has 0 unspecified atom stereocenters. The lowest BCUT2D eigenvalue weighted by atomic mass is 10.0. The van der Waals surface area contributed by atoms with E-state index in [1.165, 1.54) is 17.3 Å². The summed E-state index contributed by atoms with van der Waals surface area (Å²) < 4.78 is 0. The molecule has 2 heterocycles. The van der Waals surface area contributed by atoms with E-state index >= 15 is 0 Å². The molecule has 0 fully saturated rings. The molecule has 0 atom stereocenters. The maximum atomic E-state index is 13.3. The number of carbonyl (C=O) groups is 3. The van der Waals surface area contributed by atoms with Gasteiger partial charge in [0.2, 0.25) is 5.78 Å². The van der Waals surface area contributed by atoms with Crippen LogP contribution in [0.15, 0.2) is 84.3 Å². The second-order valence-corrected chi connectivity index (χ2v) is 6.71. The summed E-state index contributed by atoms with van der Waals surface area (Å²) in [4.78, 5) is 44.9. The molecule has 3 aromatic rings. The monoisotopic (exact) mass is 366 g/mol. The molecule has 5 heteroatoms. The molecule has 1 aliphatic heterocycles. The summed E-state index contributed by atoms with van der Waals surface area (Å²) >= 11 is 0. The molecule has 5 rings (SSSR count).